The molecule has 0 atom stereocenters. The third-order valence-corrected chi connectivity index (χ3v) is 4.15. The Bertz CT molecular complexity index is 399. The van der Waals surface area contributed by atoms with Crippen LogP contribution in [0.25, 0.3) is 0 Å². The molecular weight excluding hydrogens is 305 g/mol. The zero-order valence-corrected chi connectivity index (χ0v) is 10.7. The first kappa shape index (κ1) is 9.91. The zero-order chi connectivity index (χ0) is 9.80. The maximum atomic E-state index is 4.35. The van der Waals surface area contributed by atoms with Gasteiger partial charge in [0.25, 0.3) is 0 Å². The van der Waals surface area contributed by atoms with E-state index in [4.69, 9.17) is 0 Å². The van der Waals surface area contributed by atoms with Gasteiger partial charge in [0.1, 0.15) is 0 Å². The zero-order valence-electron chi connectivity index (χ0n) is 7.35. The Hall–Kier alpha value is -0.631. The summed E-state index contributed by atoms with van der Waals surface area (Å²) < 4.78 is 3.55. The molecule has 2 rings (SSSR count). The van der Waals surface area contributed by atoms with Gasteiger partial charge < -0.3 is 0 Å². The molecule has 1 aromatic heterocycles. The fraction of sp³-hybridized carbons (Fsp3) is 0. The first-order valence-corrected chi connectivity index (χ1v) is 6.70. The first-order chi connectivity index (χ1) is 6.84. The van der Waals surface area contributed by atoms with Crippen LogP contribution in [0.3, 0.4) is 0 Å². The predicted octanol–water partition coefficient (Wildman–Crippen LogP) is 1.50. The summed E-state index contributed by atoms with van der Waals surface area (Å²) in [6.07, 6.45) is 1.85. The minimum absolute atomic E-state index is 0.321. The summed E-state index contributed by atoms with van der Waals surface area (Å²) in [5, 5.41) is 0. The molecule has 0 bridgehead atoms. The molecule has 0 spiro atoms. The summed E-state index contributed by atoms with van der Waals surface area (Å²) >= 11 is 3.70. The van der Waals surface area contributed by atoms with Gasteiger partial charge in [0.05, 0.1) is 0 Å². The summed E-state index contributed by atoms with van der Waals surface area (Å²) in [6.45, 7) is 0. The number of aromatic nitrogens is 1. The van der Waals surface area contributed by atoms with E-state index in [9.17, 15) is 0 Å². The van der Waals surface area contributed by atoms with Crippen molar-refractivity contribution in [1.29, 1.82) is 0 Å². The van der Waals surface area contributed by atoms with Crippen LogP contribution < -0.4 is 9.05 Å². The molecule has 0 saturated carbocycles. The van der Waals surface area contributed by atoms with Crippen LogP contribution in [-0.4, -0.2) is 19.9 Å². The average molecular weight is 313 g/mol. The van der Waals surface area contributed by atoms with Crippen molar-refractivity contribution in [1.82, 2.24) is 4.98 Å². The van der Waals surface area contributed by atoms with Gasteiger partial charge in [-0.05, 0) is 0 Å². The molecule has 70 valence electrons. The molecule has 0 N–H and O–H groups in total. The molecule has 3 heteroatoms. The van der Waals surface area contributed by atoms with Gasteiger partial charge in [-0.2, -0.15) is 0 Å². The predicted molar refractivity (Wildman–Crippen MR) is 63.4 cm³/mol. The van der Waals surface area contributed by atoms with Gasteiger partial charge in [0.15, 0.2) is 0 Å². The topological polar surface area (TPSA) is 12.9 Å². The van der Waals surface area contributed by atoms with Gasteiger partial charge >= 0.3 is 98.1 Å². The van der Waals surface area contributed by atoms with E-state index in [2.05, 4.69) is 51.2 Å². The van der Waals surface area contributed by atoms with Crippen molar-refractivity contribution in [3.63, 3.8) is 0 Å². The van der Waals surface area contributed by atoms with Crippen LogP contribution in [0, 0.1) is 0 Å². The van der Waals surface area contributed by atoms with E-state index in [-0.39, 0.29) is 0 Å². The second-order valence-corrected chi connectivity index (χ2v) is 5.94. The quantitative estimate of drug-likeness (QED) is 0.766. The van der Waals surface area contributed by atoms with E-state index in [1.165, 1.54) is 4.46 Å². The van der Waals surface area contributed by atoms with Gasteiger partial charge in [-0.3, -0.25) is 0 Å². The second kappa shape index (κ2) is 4.74. The van der Waals surface area contributed by atoms with Crippen molar-refractivity contribution in [2.45, 2.75) is 0 Å². The SMILES string of the molecule is Brc1ccc([Se]c2ccccc2)nc1. The van der Waals surface area contributed by atoms with Crippen LogP contribution >= 0.6 is 15.9 Å². The van der Waals surface area contributed by atoms with E-state index in [0.717, 1.165) is 9.07 Å². The average Bonchev–Trinajstić information content (AvgIpc) is 2.23. The van der Waals surface area contributed by atoms with Crippen molar-refractivity contribution in [2.75, 3.05) is 0 Å². The molecule has 1 aromatic carbocycles. The Kier molecular flexibility index (Phi) is 3.35. The molecule has 0 unspecified atom stereocenters. The Balaban J connectivity index is 2.16. The number of pyridine rings is 1. The number of rotatable bonds is 2. The molecule has 0 aliphatic rings. The second-order valence-electron chi connectivity index (χ2n) is 2.73. The standard InChI is InChI=1S/C11H8BrNSe/c12-9-6-7-11(13-8-9)14-10-4-2-1-3-5-10/h1-8H. The molecule has 0 aliphatic heterocycles. The Morgan fingerprint density at radius 1 is 1.00 bits per heavy atom. The molecule has 0 amide bonds. The van der Waals surface area contributed by atoms with Crippen LogP contribution in [-0.2, 0) is 0 Å². The molecule has 1 nitrogen and oxygen atoms in total. The number of halogens is 1. The summed E-state index contributed by atoms with van der Waals surface area (Å²) in [6, 6.07) is 14.6. The van der Waals surface area contributed by atoms with Crippen molar-refractivity contribution in [3.05, 3.63) is 53.1 Å². The monoisotopic (exact) mass is 313 g/mol. The molecule has 0 fully saturated rings. The van der Waals surface area contributed by atoms with Gasteiger partial charge in [0, 0.05) is 0 Å². The maximum absolute atomic E-state index is 4.35. The number of hydrogen-bond acceptors (Lipinski definition) is 1. The van der Waals surface area contributed by atoms with Crippen molar-refractivity contribution in [3.8, 4) is 0 Å². The van der Waals surface area contributed by atoms with Crippen LogP contribution in [0.15, 0.2) is 53.1 Å². The third-order valence-electron chi connectivity index (χ3n) is 1.67. The van der Waals surface area contributed by atoms with Gasteiger partial charge in [0.2, 0.25) is 0 Å². The molecule has 1 heterocycles. The number of benzene rings is 1. The summed E-state index contributed by atoms with van der Waals surface area (Å²) in [5.41, 5.74) is 0. The van der Waals surface area contributed by atoms with E-state index in [1.54, 1.807) is 0 Å². The molecule has 0 radical (unpaired) electrons. The Morgan fingerprint density at radius 2 is 1.79 bits per heavy atom. The normalized spacial score (nSPS) is 10.1. The van der Waals surface area contributed by atoms with Crippen LogP contribution in [0.5, 0.6) is 0 Å². The molecule has 0 aliphatic carbocycles. The molecule has 0 saturated heterocycles. The third kappa shape index (κ3) is 2.68. The number of hydrogen-bond donors (Lipinski definition) is 0. The fourth-order valence-corrected chi connectivity index (χ4v) is 2.89. The van der Waals surface area contributed by atoms with Gasteiger partial charge in [-0.15, -0.1) is 0 Å². The summed E-state index contributed by atoms with van der Waals surface area (Å²) in [5.74, 6) is 0. The molecule has 2 aromatic rings. The van der Waals surface area contributed by atoms with Crippen LogP contribution in [0.1, 0.15) is 0 Å². The molecular formula is C11H8BrNSe. The number of nitrogens with zero attached hydrogens (tertiary/aromatic N) is 1. The van der Waals surface area contributed by atoms with Gasteiger partial charge in [-0.25, -0.2) is 0 Å². The van der Waals surface area contributed by atoms with E-state index in [1.807, 2.05) is 18.3 Å². The molecule has 14 heavy (non-hydrogen) atoms. The van der Waals surface area contributed by atoms with E-state index >= 15 is 0 Å². The van der Waals surface area contributed by atoms with Crippen molar-refractivity contribution < 1.29 is 0 Å². The van der Waals surface area contributed by atoms with E-state index in [0.29, 0.717) is 15.0 Å². The van der Waals surface area contributed by atoms with Crippen LogP contribution in [0.2, 0.25) is 0 Å². The van der Waals surface area contributed by atoms with Gasteiger partial charge in [-0.1, -0.05) is 0 Å². The van der Waals surface area contributed by atoms with Crippen molar-refractivity contribution in [2.24, 2.45) is 0 Å². The summed E-state index contributed by atoms with van der Waals surface area (Å²) in [7, 11) is 0. The fourth-order valence-electron chi connectivity index (χ4n) is 1.03. The van der Waals surface area contributed by atoms with Crippen LogP contribution in [0.4, 0.5) is 0 Å². The van der Waals surface area contributed by atoms with Crippen molar-refractivity contribution >= 4 is 39.9 Å². The minimum atomic E-state index is 0.321. The first-order valence-electron chi connectivity index (χ1n) is 4.19. The Labute approximate surface area is 97.9 Å². The summed E-state index contributed by atoms with van der Waals surface area (Å²) in [4.78, 5) is 4.35. The Morgan fingerprint density at radius 3 is 2.43 bits per heavy atom. The van der Waals surface area contributed by atoms with E-state index < -0.39 is 0 Å².